The van der Waals surface area contributed by atoms with Gasteiger partial charge in [0, 0.05) is 19.8 Å². The maximum atomic E-state index is 11.8. The molecule has 0 bridgehead atoms. The van der Waals surface area contributed by atoms with Crippen LogP contribution >= 0.6 is 0 Å². The first-order valence-electron chi connectivity index (χ1n) is 11.8. The molecule has 3 aromatic carbocycles. The van der Waals surface area contributed by atoms with Crippen LogP contribution in [-0.2, 0) is 34.1 Å². The van der Waals surface area contributed by atoms with Crippen LogP contribution in [0.1, 0.15) is 30.5 Å². The first-order valence-corrected chi connectivity index (χ1v) is 11.8. The molecule has 0 spiro atoms. The zero-order chi connectivity index (χ0) is 25.5. The molecule has 0 radical (unpaired) electrons. The molecule has 188 valence electrons. The van der Waals surface area contributed by atoms with Crippen LogP contribution in [0.5, 0.6) is 5.75 Å². The van der Waals surface area contributed by atoms with E-state index in [9.17, 15) is 9.59 Å². The number of benzene rings is 3. The molecule has 3 atom stereocenters. The van der Waals surface area contributed by atoms with Gasteiger partial charge in [0.05, 0.1) is 20.3 Å². The number of hydrogen-bond acceptors (Lipinski definition) is 7. The van der Waals surface area contributed by atoms with Crippen LogP contribution in [0.25, 0.3) is 0 Å². The van der Waals surface area contributed by atoms with Gasteiger partial charge in [-0.2, -0.15) is 0 Å². The summed E-state index contributed by atoms with van der Waals surface area (Å²) in [4.78, 5) is 23.4. The van der Waals surface area contributed by atoms with E-state index in [1.54, 1.807) is 7.11 Å². The molecular weight excluding hydrogens is 460 g/mol. The Morgan fingerprint density at radius 1 is 0.806 bits per heavy atom. The maximum Gasteiger partial charge on any atom is 0.305 e. The second-order valence-corrected chi connectivity index (χ2v) is 8.60. The number of esters is 2. The Hall–Kier alpha value is -3.68. The van der Waals surface area contributed by atoms with Crippen molar-refractivity contribution in [3.05, 3.63) is 102 Å². The fourth-order valence-corrected chi connectivity index (χ4v) is 4.53. The van der Waals surface area contributed by atoms with Gasteiger partial charge in [-0.05, 0) is 28.8 Å². The summed E-state index contributed by atoms with van der Waals surface area (Å²) < 4.78 is 28.7. The van der Waals surface area contributed by atoms with Crippen molar-refractivity contribution >= 4 is 11.9 Å². The third-order valence-corrected chi connectivity index (χ3v) is 6.16. The van der Waals surface area contributed by atoms with Crippen LogP contribution in [0, 0.1) is 5.92 Å². The Balaban J connectivity index is 1.76. The van der Waals surface area contributed by atoms with Crippen molar-refractivity contribution in [2.45, 2.75) is 31.8 Å². The molecule has 7 nitrogen and oxygen atoms in total. The fraction of sp³-hybridized carbons (Fsp3) is 0.310. The molecule has 1 aliphatic rings. The van der Waals surface area contributed by atoms with Crippen molar-refractivity contribution in [3.8, 4) is 5.75 Å². The largest absolute Gasteiger partial charge is 0.497 e. The summed E-state index contributed by atoms with van der Waals surface area (Å²) in [5.41, 5.74) is 1.79. The molecule has 1 fully saturated rings. The van der Waals surface area contributed by atoms with Gasteiger partial charge in [0.15, 0.2) is 6.10 Å². The summed E-state index contributed by atoms with van der Waals surface area (Å²) >= 11 is 0. The number of methoxy groups -OCH3 is 1. The predicted octanol–water partition coefficient (Wildman–Crippen LogP) is 4.47. The zero-order valence-electron chi connectivity index (χ0n) is 20.6. The lowest BCUT2D eigenvalue weighted by molar-refractivity contribution is -0.191. The highest BCUT2D eigenvalue weighted by Crippen LogP contribution is 2.42. The fourth-order valence-electron chi connectivity index (χ4n) is 4.53. The molecule has 0 aromatic heterocycles. The van der Waals surface area contributed by atoms with E-state index in [-0.39, 0.29) is 19.1 Å². The van der Waals surface area contributed by atoms with Gasteiger partial charge >= 0.3 is 11.9 Å². The van der Waals surface area contributed by atoms with Gasteiger partial charge in [-0.15, -0.1) is 0 Å². The Bertz CT molecular complexity index is 1110. The van der Waals surface area contributed by atoms with Crippen molar-refractivity contribution in [2.24, 2.45) is 5.92 Å². The van der Waals surface area contributed by atoms with Crippen molar-refractivity contribution in [1.29, 1.82) is 0 Å². The molecule has 4 rings (SSSR count). The molecule has 1 heterocycles. The minimum Gasteiger partial charge on any atom is -0.497 e. The number of rotatable bonds is 9. The Kier molecular flexibility index (Phi) is 8.03. The number of ether oxygens (including phenoxy) is 5. The van der Waals surface area contributed by atoms with Gasteiger partial charge in [0.25, 0.3) is 0 Å². The molecule has 36 heavy (non-hydrogen) atoms. The van der Waals surface area contributed by atoms with Gasteiger partial charge in [-0.3, -0.25) is 9.59 Å². The van der Waals surface area contributed by atoms with E-state index in [0.29, 0.717) is 0 Å². The van der Waals surface area contributed by atoms with Crippen LogP contribution in [0.3, 0.4) is 0 Å². The second-order valence-electron chi connectivity index (χ2n) is 8.60. The molecule has 0 amide bonds. The first-order chi connectivity index (χ1) is 17.4. The first kappa shape index (κ1) is 25.4. The van der Waals surface area contributed by atoms with Gasteiger partial charge in [0.2, 0.25) is 6.29 Å². The highest BCUT2D eigenvalue weighted by Gasteiger charge is 2.45. The van der Waals surface area contributed by atoms with E-state index in [1.807, 2.05) is 84.9 Å². The summed E-state index contributed by atoms with van der Waals surface area (Å²) in [5, 5.41) is 0. The number of hydrogen-bond donors (Lipinski definition) is 0. The van der Waals surface area contributed by atoms with E-state index in [4.69, 9.17) is 23.7 Å². The smallest absolute Gasteiger partial charge is 0.305 e. The highest BCUT2D eigenvalue weighted by atomic mass is 16.7. The van der Waals surface area contributed by atoms with Crippen LogP contribution in [-0.4, -0.2) is 44.7 Å². The summed E-state index contributed by atoms with van der Waals surface area (Å²) in [7, 11) is 1.63. The lowest BCUT2D eigenvalue weighted by atomic mass is 9.80. The van der Waals surface area contributed by atoms with Crippen LogP contribution in [0.4, 0.5) is 0 Å². The van der Waals surface area contributed by atoms with Crippen molar-refractivity contribution in [1.82, 2.24) is 0 Å². The lowest BCUT2D eigenvalue weighted by Gasteiger charge is -2.37. The van der Waals surface area contributed by atoms with Gasteiger partial charge in [0.1, 0.15) is 11.4 Å². The van der Waals surface area contributed by atoms with Crippen LogP contribution in [0.2, 0.25) is 0 Å². The molecule has 0 unspecified atom stereocenters. The van der Waals surface area contributed by atoms with E-state index >= 15 is 0 Å². The topological polar surface area (TPSA) is 80.3 Å². The molecule has 1 saturated heterocycles. The summed E-state index contributed by atoms with van der Waals surface area (Å²) in [6.45, 7) is 2.98. The van der Waals surface area contributed by atoms with Crippen molar-refractivity contribution in [3.63, 3.8) is 0 Å². The summed E-state index contributed by atoms with van der Waals surface area (Å²) in [6.07, 6.45) is -1.77. The normalized spacial score (nSPS) is 19.5. The molecule has 3 aromatic rings. The zero-order valence-corrected chi connectivity index (χ0v) is 20.6. The third kappa shape index (κ3) is 5.42. The monoisotopic (exact) mass is 490 g/mol. The van der Waals surface area contributed by atoms with E-state index in [0.717, 1.165) is 22.4 Å². The average Bonchev–Trinajstić information content (AvgIpc) is 3.25. The minimum absolute atomic E-state index is 0.172. The quantitative estimate of drug-likeness (QED) is 0.323. The number of carbonyl (C=O) groups is 2. The molecule has 7 heteroatoms. The Labute approximate surface area is 210 Å². The molecular formula is C29H30O7. The standard InChI is InChI=1S/C29H30O7/c1-20(30)35-27-22(18-33-28(27)36-21(2)31)19-34-29(23-10-6-4-7-11-23,24-12-8-5-9-13-24)25-14-16-26(32-3)17-15-25/h4-17,22,27-28H,18-19H2,1-3H3/t22-,27-,28+/m1/s1. The van der Waals surface area contributed by atoms with Crippen molar-refractivity contribution in [2.75, 3.05) is 20.3 Å². The van der Waals surface area contributed by atoms with Gasteiger partial charge in [-0.25, -0.2) is 0 Å². The lowest BCUT2D eigenvalue weighted by Crippen LogP contribution is -2.39. The van der Waals surface area contributed by atoms with Gasteiger partial charge in [-0.1, -0.05) is 72.8 Å². The average molecular weight is 491 g/mol. The SMILES string of the molecule is COc1ccc(C(OC[C@H]2CO[C@@H](OC(C)=O)[C@@H]2OC(C)=O)(c2ccccc2)c2ccccc2)cc1. The van der Waals surface area contributed by atoms with E-state index in [1.165, 1.54) is 13.8 Å². The second kappa shape index (κ2) is 11.4. The number of carbonyl (C=O) groups excluding carboxylic acids is 2. The molecule has 0 N–H and O–H groups in total. The highest BCUT2D eigenvalue weighted by molar-refractivity contribution is 5.67. The van der Waals surface area contributed by atoms with E-state index in [2.05, 4.69) is 0 Å². The van der Waals surface area contributed by atoms with Crippen LogP contribution in [0.15, 0.2) is 84.9 Å². The molecule has 1 aliphatic heterocycles. The van der Waals surface area contributed by atoms with Crippen LogP contribution < -0.4 is 4.74 Å². The summed E-state index contributed by atoms with van der Waals surface area (Å²) in [5.74, 6) is -0.625. The molecule has 0 saturated carbocycles. The van der Waals surface area contributed by atoms with Crippen molar-refractivity contribution < 1.29 is 33.3 Å². The van der Waals surface area contributed by atoms with Gasteiger partial charge < -0.3 is 23.7 Å². The minimum atomic E-state index is -0.983. The third-order valence-electron chi connectivity index (χ3n) is 6.16. The predicted molar refractivity (Wildman–Crippen MR) is 132 cm³/mol. The Morgan fingerprint density at radius 2 is 1.33 bits per heavy atom. The Morgan fingerprint density at radius 3 is 1.83 bits per heavy atom. The maximum absolute atomic E-state index is 11.8. The molecule has 0 aliphatic carbocycles. The summed E-state index contributed by atoms with van der Waals surface area (Å²) in [6, 6.07) is 27.6. The van der Waals surface area contributed by atoms with E-state index < -0.39 is 29.9 Å².